The minimum absolute atomic E-state index is 0.00515. The Balaban J connectivity index is -0.00000102. The van der Waals surface area contributed by atoms with Gasteiger partial charge in [0.1, 0.15) is 11.6 Å². The van der Waals surface area contributed by atoms with E-state index in [9.17, 15) is 18.7 Å². The van der Waals surface area contributed by atoms with Crippen molar-refractivity contribution in [2.45, 2.75) is 155 Å². The quantitative estimate of drug-likeness (QED) is 0.00907. The summed E-state index contributed by atoms with van der Waals surface area (Å²) in [6.45, 7) is 37.3. The highest BCUT2D eigenvalue weighted by Gasteiger charge is 2.42. The molecule has 0 aromatic heterocycles. The van der Waals surface area contributed by atoms with Crippen molar-refractivity contribution in [1.29, 1.82) is 0 Å². The van der Waals surface area contributed by atoms with Crippen LogP contribution in [0.3, 0.4) is 0 Å². The number of carbonyl (C=O) groups is 2. The van der Waals surface area contributed by atoms with E-state index in [1.54, 1.807) is 26.7 Å². The maximum absolute atomic E-state index is 12.7. The van der Waals surface area contributed by atoms with E-state index >= 15 is 0 Å². The van der Waals surface area contributed by atoms with Gasteiger partial charge in [0.15, 0.2) is 16.6 Å². The SMILES string of the molecule is C/C=C\C=C\[C@@H](CCCCN=[N+]=[N-])[C@H](CC(=O)CP(C)(C)=O)O[Si](C)(C)C(C)(C)C.C/C=C\I.C=C[C@@H](CCCCN=[N+]=[N-])[C@H](CC(=O)CP(C)(C)=O)O[Si](C)(C)C(C)(C)C. The molecule has 352 valence electrons. The van der Waals surface area contributed by atoms with Gasteiger partial charge in [-0.3, -0.25) is 9.59 Å². The number of nitrogens with zero attached hydrogens (tertiary/aromatic N) is 6. The molecule has 0 aliphatic rings. The Bertz CT molecular complexity index is 1580. The van der Waals surface area contributed by atoms with E-state index in [1.165, 1.54) is 0 Å². The van der Waals surface area contributed by atoms with E-state index < -0.39 is 30.9 Å². The first-order chi connectivity index (χ1) is 27.9. The second-order valence-electron chi connectivity index (χ2n) is 19.6. The topological polar surface area (TPSA) is 184 Å². The third kappa shape index (κ3) is 33.6. The fourth-order valence-electron chi connectivity index (χ4n) is 5.49. The largest absolute Gasteiger partial charge is 0.413 e. The summed E-state index contributed by atoms with van der Waals surface area (Å²) in [5.41, 5.74) is 16.8. The number of azide groups is 2. The lowest BCUT2D eigenvalue weighted by Crippen LogP contribution is -2.46. The smallest absolute Gasteiger partial charge is 0.192 e. The average Bonchev–Trinajstić information content (AvgIpc) is 3.09. The lowest BCUT2D eigenvalue weighted by Gasteiger charge is -2.41. The first-order valence-corrected chi connectivity index (χ1v) is 34.1. The maximum Gasteiger partial charge on any atom is 0.192 e. The minimum atomic E-state index is -2.42. The molecule has 0 aliphatic carbocycles. The van der Waals surface area contributed by atoms with E-state index in [4.69, 9.17) is 19.9 Å². The Hall–Kier alpha value is -1.54. The molecule has 0 bridgehead atoms. The Morgan fingerprint density at radius 2 is 1.07 bits per heavy atom. The molecule has 0 rings (SSSR count). The molecule has 0 amide bonds. The van der Waals surface area contributed by atoms with Crippen LogP contribution in [-0.2, 0) is 27.6 Å². The molecule has 0 saturated heterocycles. The zero-order valence-electron chi connectivity index (χ0n) is 40.9. The number of carbonyl (C=O) groups excluding carboxylic acids is 2. The highest BCUT2D eigenvalue weighted by molar-refractivity contribution is 14.1. The first kappa shape index (κ1) is 63.8. The molecule has 0 fully saturated rings. The van der Waals surface area contributed by atoms with Gasteiger partial charge in [-0.15, -0.1) is 6.58 Å². The lowest BCUT2D eigenvalue weighted by molar-refractivity contribution is -0.119. The van der Waals surface area contributed by atoms with Crippen molar-refractivity contribution in [2.75, 3.05) is 52.1 Å². The van der Waals surface area contributed by atoms with Crippen LogP contribution in [0.2, 0.25) is 36.3 Å². The number of halogens is 1. The van der Waals surface area contributed by atoms with Crippen LogP contribution in [0.15, 0.2) is 57.3 Å². The number of hydrogen-bond donors (Lipinski definition) is 0. The standard InChI is InChI=1S/C22H42N3O3PSi.C19H38N3O3PSi.C3H5I/c1-9-10-11-14-19(15-12-13-16-24-25-23)21(17-20(26)18-29(5,6)27)28-30(7,8)22(2,3)4;1-9-16(12-10-11-13-21-22-20)18(14-17(23)15-26(5,6)24)25-27(7,8)19(2,3)4;1-2-3-4/h9-11,14,19,21H,12-13,15-18H2,1-8H3;9,16,18H,1,10-15H2,2-8H3;2-3H,1H3/b10-9-,14-11+;;3-2-/t19-,21-;16-,18-;/m00./s1. The van der Waals surface area contributed by atoms with Crippen LogP contribution in [0.4, 0.5) is 0 Å². The zero-order chi connectivity index (χ0) is 48.1. The molecule has 0 spiro atoms. The summed E-state index contributed by atoms with van der Waals surface area (Å²) >= 11 is 2.17. The number of ketones is 2. The van der Waals surface area contributed by atoms with Gasteiger partial charge in [-0.1, -0.05) is 124 Å². The summed E-state index contributed by atoms with van der Waals surface area (Å²) in [5.74, 6) is 0.110. The van der Waals surface area contributed by atoms with Gasteiger partial charge in [-0.25, -0.2) is 0 Å². The molecular formula is C44H85IN6O6P2Si2. The fourth-order valence-corrected chi connectivity index (χ4v) is 10.2. The van der Waals surface area contributed by atoms with Crippen LogP contribution in [0.25, 0.3) is 20.9 Å². The number of rotatable bonds is 27. The number of allylic oxidation sites excluding steroid dienone is 4. The van der Waals surface area contributed by atoms with Gasteiger partial charge in [0.25, 0.3) is 0 Å². The van der Waals surface area contributed by atoms with E-state index in [2.05, 4.69) is 123 Å². The van der Waals surface area contributed by atoms with E-state index in [-0.39, 0.29) is 70.9 Å². The summed E-state index contributed by atoms with van der Waals surface area (Å²) in [5, 5.41) is 7.24. The van der Waals surface area contributed by atoms with Gasteiger partial charge in [0, 0.05) is 47.6 Å². The maximum atomic E-state index is 12.7. The predicted octanol–water partition coefficient (Wildman–Crippen LogP) is 15.4. The van der Waals surface area contributed by atoms with Crippen LogP contribution < -0.4 is 0 Å². The molecule has 0 heterocycles. The molecule has 0 unspecified atom stereocenters. The van der Waals surface area contributed by atoms with Crippen molar-refractivity contribution in [2.24, 2.45) is 22.1 Å². The van der Waals surface area contributed by atoms with Crippen molar-refractivity contribution in [3.63, 3.8) is 0 Å². The summed E-state index contributed by atoms with van der Waals surface area (Å²) in [4.78, 5) is 30.8. The lowest BCUT2D eigenvalue weighted by atomic mass is 9.92. The van der Waals surface area contributed by atoms with Gasteiger partial charge in [-0.2, -0.15) is 0 Å². The Morgan fingerprint density at radius 3 is 1.36 bits per heavy atom. The van der Waals surface area contributed by atoms with Gasteiger partial charge < -0.3 is 18.0 Å². The van der Waals surface area contributed by atoms with Gasteiger partial charge in [-0.05, 0) is 118 Å². The second-order valence-corrected chi connectivity index (χ2v) is 36.8. The van der Waals surface area contributed by atoms with Crippen molar-refractivity contribution in [1.82, 2.24) is 0 Å². The molecule has 0 saturated carbocycles. The monoisotopic (exact) mass is 1040 g/mol. The van der Waals surface area contributed by atoms with E-state index in [0.29, 0.717) is 13.1 Å². The van der Waals surface area contributed by atoms with E-state index in [0.717, 1.165) is 38.5 Å². The van der Waals surface area contributed by atoms with Crippen molar-refractivity contribution in [3.05, 3.63) is 68.0 Å². The zero-order valence-corrected chi connectivity index (χ0v) is 46.9. The second kappa shape index (κ2) is 32.2. The van der Waals surface area contributed by atoms with Crippen LogP contribution in [0, 0.1) is 11.8 Å². The molecule has 61 heavy (non-hydrogen) atoms. The highest BCUT2D eigenvalue weighted by Crippen LogP contribution is 2.42. The van der Waals surface area contributed by atoms with Gasteiger partial charge in [0.05, 0.1) is 38.8 Å². The summed E-state index contributed by atoms with van der Waals surface area (Å²) in [7, 11) is -8.99. The summed E-state index contributed by atoms with van der Waals surface area (Å²) < 4.78 is 39.5. The molecule has 0 N–H and O–H groups in total. The Kier molecular flexibility index (Phi) is 33.6. The molecule has 0 aromatic rings. The van der Waals surface area contributed by atoms with Crippen LogP contribution in [0.5, 0.6) is 0 Å². The predicted molar refractivity (Wildman–Crippen MR) is 278 cm³/mol. The average molecular weight is 1040 g/mol. The third-order valence-corrected chi connectivity index (χ3v) is 22.7. The minimum Gasteiger partial charge on any atom is -0.413 e. The molecule has 17 heteroatoms. The molecule has 0 radical (unpaired) electrons. The number of Topliss-reactive ketones (excluding diaryl/α,β-unsaturated/α-hetero) is 2. The molecule has 0 aromatic carbocycles. The third-order valence-electron chi connectivity index (χ3n) is 10.7. The number of unbranched alkanes of at least 4 members (excludes halogenated alkanes) is 2. The van der Waals surface area contributed by atoms with Gasteiger partial charge >= 0.3 is 0 Å². The fraction of sp³-hybridized carbons (Fsp3) is 0.773. The van der Waals surface area contributed by atoms with Crippen LogP contribution in [0.1, 0.15) is 107 Å². The van der Waals surface area contributed by atoms with Crippen LogP contribution in [-0.4, -0.2) is 92.5 Å². The summed E-state index contributed by atoms with van der Waals surface area (Å²) in [6, 6.07) is 0. The molecule has 12 nitrogen and oxygen atoms in total. The van der Waals surface area contributed by atoms with Crippen molar-refractivity contribution in [3.8, 4) is 0 Å². The first-order valence-electron chi connectivity index (χ1n) is 21.5. The summed E-state index contributed by atoms with van der Waals surface area (Å²) in [6.07, 6.45) is 17.3. The molecular weight excluding hydrogens is 954 g/mol. The normalized spacial score (nSPS) is 14.8. The van der Waals surface area contributed by atoms with E-state index in [1.807, 2.05) is 48.3 Å². The highest BCUT2D eigenvalue weighted by atomic mass is 127. The molecule has 4 atom stereocenters. The van der Waals surface area contributed by atoms with Crippen LogP contribution >= 0.6 is 36.9 Å². The van der Waals surface area contributed by atoms with Gasteiger partial charge in [0.2, 0.25) is 0 Å². The molecule has 0 aliphatic heterocycles. The van der Waals surface area contributed by atoms with Crippen molar-refractivity contribution < 1.29 is 27.6 Å². The number of hydrogen-bond acceptors (Lipinski definition) is 8. The van der Waals surface area contributed by atoms with Crippen molar-refractivity contribution >= 4 is 65.1 Å². The Morgan fingerprint density at radius 1 is 0.705 bits per heavy atom. The Labute approximate surface area is 387 Å².